The fourth-order valence-electron chi connectivity index (χ4n) is 1.48. The molecule has 0 spiro atoms. The summed E-state index contributed by atoms with van der Waals surface area (Å²) in [5.41, 5.74) is -1.00. The fraction of sp³-hybridized carbons (Fsp3) is 0.600. The summed E-state index contributed by atoms with van der Waals surface area (Å²) in [4.78, 5) is 0. The van der Waals surface area contributed by atoms with Gasteiger partial charge in [-0.3, -0.25) is 0 Å². The molecule has 3 N–H and O–H groups in total. The Morgan fingerprint density at radius 3 is 3.11 bits per heavy atom. The molecule has 1 aromatic rings. The SMILES string of the molecule is [2H]c1c(S(N)(=O)=O)sc2c1[C@@]([2H])(NC([2H])([2H])C([2H])([2H])[2H])C([2H])([2H])[C@H](C)S2(=O)=O. The van der Waals surface area contributed by atoms with Gasteiger partial charge in [0.25, 0.3) is 0 Å². The number of nitrogens with two attached hydrogens (primary N) is 1. The summed E-state index contributed by atoms with van der Waals surface area (Å²) in [5.74, 6) is 0. The van der Waals surface area contributed by atoms with E-state index in [4.69, 9.17) is 17.5 Å². The second-order valence-electron chi connectivity index (χ2n) is 3.68. The topological polar surface area (TPSA) is 106 Å². The Kier molecular flexibility index (Phi) is 1.77. The molecule has 108 valence electrons. The molecule has 0 unspecified atom stereocenters. The van der Waals surface area contributed by atoms with Gasteiger partial charge in [-0.2, -0.15) is 0 Å². The van der Waals surface area contributed by atoms with Gasteiger partial charge >= 0.3 is 0 Å². The smallest absolute Gasteiger partial charge is 0.247 e. The fourth-order valence-corrected chi connectivity index (χ4v) is 5.36. The van der Waals surface area contributed by atoms with Crippen LogP contribution in [0.5, 0.6) is 0 Å². The van der Waals surface area contributed by atoms with Crippen molar-refractivity contribution in [1.82, 2.24) is 5.32 Å². The number of rotatable bonds is 3. The van der Waals surface area contributed by atoms with Crippen molar-refractivity contribution in [3.05, 3.63) is 11.6 Å². The number of fused-ring (bicyclic) bond motifs is 1. The molecule has 9 heteroatoms. The molecule has 6 nitrogen and oxygen atoms in total. The maximum absolute atomic E-state index is 12.7. The molecule has 19 heavy (non-hydrogen) atoms. The van der Waals surface area contributed by atoms with Crippen LogP contribution in [0.3, 0.4) is 0 Å². The Bertz CT molecular complexity index is 1030. The number of hydrogen-bond acceptors (Lipinski definition) is 6. The van der Waals surface area contributed by atoms with Gasteiger partial charge in [-0.05, 0) is 25.8 Å². The van der Waals surface area contributed by atoms with E-state index in [1.54, 1.807) is 5.32 Å². The second kappa shape index (κ2) is 4.81. The lowest BCUT2D eigenvalue weighted by molar-refractivity contribution is 0.477. The summed E-state index contributed by atoms with van der Waals surface area (Å²) < 4.78 is 117. The highest BCUT2D eigenvalue weighted by Gasteiger charge is 2.39. The third kappa shape index (κ3) is 2.57. The van der Waals surface area contributed by atoms with Crippen LogP contribution in [0.2, 0.25) is 0 Å². The van der Waals surface area contributed by atoms with Crippen molar-refractivity contribution < 1.29 is 29.2 Å². The van der Waals surface area contributed by atoms with E-state index in [0.717, 1.165) is 6.92 Å². The zero-order valence-corrected chi connectivity index (χ0v) is 12.0. The number of hydrogen-bond donors (Lipinski definition) is 2. The second-order valence-corrected chi connectivity index (χ2v) is 8.92. The highest BCUT2D eigenvalue weighted by atomic mass is 32.3. The van der Waals surface area contributed by atoms with Gasteiger partial charge in [0.05, 0.1) is 7.99 Å². The monoisotopic (exact) mass is 333 g/mol. The first kappa shape index (κ1) is 6.99. The predicted octanol–water partition coefficient (Wildman–Crippen LogP) is 0.612. The summed E-state index contributed by atoms with van der Waals surface area (Å²) >= 11 is 0.0379. The lowest BCUT2D eigenvalue weighted by Crippen LogP contribution is -2.33. The Hall–Kier alpha value is -0.480. The van der Waals surface area contributed by atoms with E-state index in [1.807, 2.05) is 0 Å². The van der Waals surface area contributed by atoms with Crippen LogP contribution in [0.25, 0.3) is 0 Å². The van der Waals surface area contributed by atoms with Crippen LogP contribution in [0, 0.1) is 0 Å². The molecule has 2 heterocycles. The lowest BCUT2D eigenvalue weighted by Gasteiger charge is -2.27. The summed E-state index contributed by atoms with van der Waals surface area (Å²) in [7, 11) is -9.20. The van der Waals surface area contributed by atoms with E-state index in [-0.39, 0.29) is 11.3 Å². The first-order valence-electron chi connectivity index (χ1n) is 9.32. The normalized spacial score (nSPS) is 40.9. The third-order valence-corrected chi connectivity index (χ3v) is 7.34. The molecule has 0 aromatic carbocycles. The van der Waals surface area contributed by atoms with Gasteiger partial charge < -0.3 is 5.32 Å². The predicted molar refractivity (Wildman–Crippen MR) is 73.4 cm³/mol. The number of sulfonamides is 1. The largest absolute Gasteiger partial charge is 0.310 e. The molecule has 0 amide bonds. The van der Waals surface area contributed by atoms with Crippen molar-refractivity contribution in [3.63, 3.8) is 0 Å². The Morgan fingerprint density at radius 2 is 2.53 bits per heavy atom. The quantitative estimate of drug-likeness (QED) is 0.843. The molecule has 1 aliphatic rings. The third-order valence-electron chi connectivity index (χ3n) is 2.38. The number of primary sulfonamides is 1. The van der Waals surface area contributed by atoms with Crippen molar-refractivity contribution >= 4 is 31.2 Å². The van der Waals surface area contributed by atoms with E-state index in [9.17, 15) is 16.8 Å². The molecule has 2 atom stereocenters. The maximum Gasteiger partial charge on any atom is 0.247 e. The minimum atomic E-state index is -4.63. The molecule has 0 bridgehead atoms. The van der Waals surface area contributed by atoms with Gasteiger partial charge in [-0.25, -0.2) is 22.0 Å². The van der Waals surface area contributed by atoms with Gasteiger partial charge in [-0.1, -0.05) is 6.85 Å². The minimum Gasteiger partial charge on any atom is -0.310 e. The Labute approximate surface area is 129 Å². The van der Waals surface area contributed by atoms with Crippen molar-refractivity contribution in [3.8, 4) is 0 Å². The summed E-state index contributed by atoms with van der Waals surface area (Å²) in [6.45, 7) is -5.89. The molecule has 1 aromatic heterocycles. The van der Waals surface area contributed by atoms with Crippen LogP contribution in [-0.4, -0.2) is 28.6 Å². The number of thiophene rings is 1. The van der Waals surface area contributed by atoms with Crippen LogP contribution in [0.4, 0.5) is 0 Å². The van der Waals surface area contributed by atoms with Gasteiger partial charge in [0.15, 0.2) is 9.84 Å². The molecule has 1 aliphatic heterocycles. The Morgan fingerprint density at radius 1 is 1.84 bits per heavy atom. The average molecular weight is 334 g/mol. The molecular weight excluding hydrogens is 308 g/mol. The Balaban J connectivity index is 2.97. The maximum atomic E-state index is 12.7. The molecule has 0 saturated heterocycles. The number of sulfone groups is 1. The summed E-state index contributed by atoms with van der Waals surface area (Å²) in [6.07, 6.45) is -3.15. The van der Waals surface area contributed by atoms with Crippen LogP contribution in [-0.2, 0) is 19.9 Å². The molecule has 2 rings (SSSR count). The van der Waals surface area contributed by atoms with E-state index < -0.39 is 70.9 Å². The summed E-state index contributed by atoms with van der Waals surface area (Å²) in [5, 5.41) is 4.67. The van der Waals surface area contributed by atoms with E-state index >= 15 is 0 Å². The summed E-state index contributed by atoms with van der Waals surface area (Å²) in [6, 6.07) is -4.23. The standard InChI is InChI=1S/C10H16N2O4S3/c1-3-12-8-4-6(2)18(13,14)10-7(8)5-9(17-10)19(11,15)16/h5-6,8,12H,3-4H2,1-2H3,(H2,11,15,16)/t6-,8-/m0/s1/i1D3,3D2,4D2,5D,8D. The van der Waals surface area contributed by atoms with Gasteiger partial charge in [0.2, 0.25) is 10.0 Å². The van der Waals surface area contributed by atoms with Gasteiger partial charge in [-0.15, -0.1) is 11.3 Å². The highest BCUT2D eigenvalue weighted by molar-refractivity contribution is 7.95. The van der Waals surface area contributed by atoms with Crippen LogP contribution < -0.4 is 10.5 Å². The van der Waals surface area contributed by atoms with Crippen molar-refractivity contribution in [2.24, 2.45) is 5.14 Å². The van der Waals surface area contributed by atoms with Gasteiger partial charge in [0.1, 0.15) is 8.42 Å². The first-order valence-corrected chi connectivity index (χ1v) is 8.73. The van der Waals surface area contributed by atoms with Crippen molar-refractivity contribution in [2.45, 2.75) is 39.8 Å². The van der Waals surface area contributed by atoms with E-state index in [0.29, 0.717) is 0 Å². The van der Waals surface area contributed by atoms with Gasteiger partial charge in [0, 0.05) is 21.2 Å². The zero-order valence-electron chi connectivity index (χ0n) is 18.5. The first-order chi connectivity index (χ1) is 12.1. The molecule has 0 saturated carbocycles. The van der Waals surface area contributed by atoms with E-state index in [1.165, 1.54) is 0 Å². The van der Waals surface area contributed by atoms with Crippen molar-refractivity contribution in [1.29, 1.82) is 0 Å². The molecule has 0 aliphatic carbocycles. The minimum absolute atomic E-state index is 0.0379. The molecule has 0 radical (unpaired) electrons. The molecular formula is C10H16N2O4S3. The van der Waals surface area contributed by atoms with Crippen molar-refractivity contribution in [2.75, 3.05) is 6.50 Å². The average Bonchev–Trinajstić information content (AvgIpc) is 2.82. The van der Waals surface area contributed by atoms with E-state index in [2.05, 4.69) is 0 Å². The highest BCUT2D eigenvalue weighted by Crippen LogP contribution is 2.42. The lowest BCUT2D eigenvalue weighted by atomic mass is 10.1. The molecule has 0 fully saturated rings. The van der Waals surface area contributed by atoms with Crippen LogP contribution in [0.1, 0.15) is 44.1 Å². The van der Waals surface area contributed by atoms with Crippen LogP contribution >= 0.6 is 11.3 Å². The zero-order chi connectivity index (χ0) is 22.3. The van der Waals surface area contributed by atoms with Crippen LogP contribution in [0.15, 0.2) is 14.5 Å². The number of nitrogens with one attached hydrogen (secondary N) is 1.